The van der Waals surface area contributed by atoms with Gasteiger partial charge in [0.1, 0.15) is 11.6 Å². The zero-order chi connectivity index (χ0) is 30.4. The first-order valence-electron chi connectivity index (χ1n) is 14.6. The van der Waals surface area contributed by atoms with Crippen LogP contribution in [0.3, 0.4) is 0 Å². The lowest BCUT2D eigenvalue weighted by atomic mass is 9.70. The lowest BCUT2D eigenvalue weighted by molar-refractivity contribution is -0.157. The van der Waals surface area contributed by atoms with E-state index in [0.29, 0.717) is 25.9 Å². The number of hydrogen-bond donors (Lipinski definition) is 1. The molecule has 0 aromatic heterocycles. The third kappa shape index (κ3) is 5.54. The summed E-state index contributed by atoms with van der Waals surface area (Å²) in [7, 11) is 1.70. The van der Waals surface area contributed by atoms with E-state index in [0.717, 1.165) is 6.42 Å². The number of hydrogen-bond acceptors (Lipinski definition) is 5. The Labute approximate surface area is 249 Å². The average Bonchev–Trinajstić information content (AvgIpc) is 3.44. The van der Waals surface area contributed by atoms with Crippen molar-refractivity contribution in [2.45, 2.75) is 102 Å². The first-order chi connectivity index (χ1) is 18.5. The second-order valence-electron chi connectivity index (χ2n) is 13.8. The third-order valence-electron chi connectivity index (χ3n) is 9.14. The van der Waals surface area contributed by atoms with Gasteiger partial charge in [-0.25, -0.2) is 0 Å². The minimum Gasteiger partial charge on any atom is -0.394 e. The number of carbonyl (C=O) groups is 3. The van der Waals surface area contributed by atoms with E-state index in [1.807, 2.05) is 32.6 Å². The van der Waals surface area contributed by atoms with Crippen molar-refractivity contribution in [3.05, 3.63) is 25.3 Å². The summed E-state index contributed by atoms with van der Waals surface area (Å²) in [6.45, 7) is 22.6. The molecule has 3 rings (SSSR count). The Morgan fingerprint density at radius 3 is 2.30 bits per heavy atom. The molecule has 8 atom stereocenters. The number of carbonyl (C=O) groups excluding carboxylic acids is 3. The van der Waals surface area contributed by atoms with Crippen molar-refractivity contribution in [1.82, 2.24) is 14.7 Å². The van der Waals surface area contributed by atoms with Crippen molar-refractivity contribution in [1.29, 1.82) is 0 Å². The number of alkyl halides is 1. The average molecular weight is 625 g/mol. The fourth-order valence-corrected chi connectivity index (χ4v) is 8.59. The molecular formula is C31H50BrN3O5. The first-order valence-corrected chi connectivity index (χ1v) is 15.5. The molecule has 2 bridgehead atoms. The van der Waals surface area contributed by atoms with Crippen molar-refractivity contribution in [2.24, 2.45) is 23.2 Å². The Morgan fingerprint density at radius 2 is 1.80 bits per heavy atom. The van der Waals surface area contributed by atoms with Crippen LogP contribution < -0.4 is 0 Å². The summed E-state index contributed by atoms with van der Waals surface area (Å²) >= 11 is 3.75. The van der Waals surface area contributed by atoms with Gasteiger partial charge in [0.05, 0.1) is 30.6 Å². The molecule has 40 heavy (non-hydrogen) atoms. The van der Waals surface area contributed by atoms with Gasteiger partial charge in [0.25, 0.3) is 0 Å². The maximum Gasteiger partial charge on any atom is 0.249 e. The highest BCUT2D eigenvalue weighted by Gasteiger charge is 2.77. The number of ether oxygens (including phenoxy) is 1. The van der Waals surface area contributed by atoms with Gasteiger partial charge >= 0.3 is 0 Å². The number of likely N-dealkylation sites (tertiary alicyclic amines) is 1. The van der Waals surface area contributed by atoms with Crippen LogP contribution in [0.4, 0.5) is 0 Å². The Kier molecular flexibility index (Phi) is 9.74. The molecule has 3 aliphatic rings. The Morgan fingerprint density at radius 1 is 1.20 bits per heavy atom. The molecule has 9 heteroatoms. The number of aliphatic hydroxyl groups excluding tert-OH is 1. The number of rotatable bonds is 12. The highest BCUT2D eigenvalue weighted by molar-refractivity contribution is 9.09. The zero-order valence-electron chi connectivity index (χ0n) is 25.7. The van der Waals surface area contributed by atoms with E-state index >= 15 is 0 Å². The lowest BCUT2D eigenvalue weighted by Gasteiger charge is -2.47. The molecule has 3 aliphatic heterocycles. The summed E-state index contributed by atoms with van der Waals surface area (Å²) < 4.78 is 6.70. The monoisotopic (exact) mass is 623 g/mol. The Balaban J connectivity index is 2.20. The number of fused-ring (bicyclic) bond motifs is 1. The van der Waals surface area contributed by atoms with Crippen molar-refractivity contribution in [3.63, 3.8) is 0 Å². The SMILES string of the molecule is C=CCN(C)C(=O)[C@H]1[C@@H]2OC3(CC2Br)C(C(=O)N(CC=C)C(C)(C)CC(C)(C)C)N([C@@H](CO)[C@@H](C)CC)C(=O)[C@H]13. The van der Waals surface area contributed by atoms with Crippen molar-refractivity contribution >= 4 is 33.7 Å². The quantitative estimate of drug-likeness (QED) is 0.262. The number of aliphatic hydroxyl groups is 1. The number of amides is 3. The van der Waals surface area contributed by atoms with Crippen LogP contribution in [0.2, 0.25) is 0 Å². The molecule has 3 heterocycles. The zero-order valence-corrected chi connectivity index (χ0v) is 27.2. The van der Waals surface area contributed by atoms with Crippen LogP contribution in [0.5, 0.6) is 0 Å². The summed E-state index contributed by atoms with van der Waals surface area (Å²) in [5, 5.41) is 10.6. The van der Waals surface area contributed by atoms with Crippen LogP contribution >= 0.6 is 15.9 Å². The maximum atomic E-state index is 14.9. The summed E-state index contributed by atoms with van der Waals surface area (Å²) in [5.41, 5.74) is -1.79. The Hall–Kier alpha value is -1.71. The molecule has 0 radical (unpaired) electrons. The molecule has 3 saturated heterocycles. The predicted molar refractivity (Wildman–Crippen MR) is 161 cm³/mol. The number of nitrogens with zero attached hydrogens (tertiary/aromatic N) is 3. The van der Waals surface area contributed by atoms with Crippen LogP contribution in [0.25, 0.3) is 0 Å². The molecule has 0 aliphatic carbocycles. The van der Waals surface area contributed by atoms with E-state index in [-0.39, 0.29) is 40.5 Å². The summed E-state index contributed by atoms with van der Waals surface area (Å²) in [6.07, 6.45) is 4.71. The molecular weight excluding hydrogens is 574 g/mol. The van der Waals surface area contributed by atoms with Crippen LogP contribution in [-0.2, 0) is 19.1 Å². The van der Waals surface area contributed by atoms with Gasteiger partial charge in [-0.3, -0.25) is 14.4 Å². The predicted octanol–water partition coefficient (Wildman–Crippen LogP) is 4.02. The van der Waals surface area contributed by atoms with Gasteiger partial charge < -0.3 is 24.5 Å². The Bertz CT molecular complexity index is 1010. The second kappa shape index (κ2) is 11.9. The highest BCUT2D eigenvalue weighted by Crippen LogP contribution is 2.61. The standard InChI is InChI=1S/C31H50BrN3O5/c1-11-14-33(10)26(37)22-23-27(38)35(21(17-36)19(4)13-3)25(31(23)16-20(32)24(22)40-31)28(39)34(15-12-2)30(8,9)18-29(5,6)7/h11-12,19-25,36H,1-2,13-18H2,3-10H3/t19-,20?,21-,22+,23-,24+,25?,31?/m0/s1. The molecule has 0 aromatic rings. The van der Waals surface area contributed by atoms with Gasteiger partial charge in [0, 0.05) is 30.5 Å². The van der Waals surface area contributed by atoms with Crippen molar-refractivity contribution in [3.8, 4) is 0 Å². The van der Waals surface area contributed by atoms with Crippen molar-refractivity contribution in [2.75, 3.05) is 26.7 Å². The van der Waals surface area contributed by atoms with Crippen LogP contribution in [0, 0.1) is 23.2 Å². The minimum atomic E-state index is -1.18. The van der Waals surface area contributed by atoms with Gasteiger partial charge in [-0.2, -0.15) is 0 Å². The lowest BCUT2D eigenvalue weighted by Crippen LogP contribution is -2.63. The molecule has 8 nitrogen and oxygen atoms in total. The van der Waals surface area contributed by atoms with E-state index in [1.54, 1.807) is 29.0 Å². The van der Waals surface area contributed by atoms with Gasteiger partial charge in [0.2, 0.25) is 17.7 Å². The van der Waals surface area contributed by atoms with Crippen LogP contribution in [-0.4, -0.2) is 98.4 Å². The van der Waals surface area contributed by atoms with E-state index in [9.17, 15) is 19.5 Å². The second-order valence-corrected chi connectivity index (χ2v) is 15.0. The summed E-state index contributed by atoms with van der Waals surface area (Å²) in [5.74, 6) is -2.30. The highest BCUT2D eigenvalue weighted by atomic mass is 79.9. The third-order valence-corrected chi connectivity index (χ3v) is 9.99. The number of halogens is 1. The van der Waals surface area contributed by atoms with Gasteiger partial charge in [-0.15, -0.1) is 13.2 Å². The van der Waals surface area contributed by atoms with Crippen molar-refractivity contribution < 1.29 is 24.2 Å². The largest absolute Gasteiger partial charge is 0.394 e. The van der Waals surface area contributed by atoms with E-state index in [1.165, 1.54) is 0 Å². The molecule has 3 unspecified atom stereocenters. The first kappa shape index (κ1) is 32.8. The van der Waals surface area contributed by atoms with Crippen LogP contribution in [0.15, 0.2) is 25.3 Å². The van der Waals surface area contributed by atoms with Crippen LogP contribution in [0.1, 0.15) is 67.7 Å². The summed E-state index contributed by atoms with van der Waals surface area (Å²) in [6, 6.07) is -1.55. The molecule has 3 fully saturated rings. The van der Waals surface area contributed by atoms with Gasteiger partial charge in [0.15, 0.2) is 0 Å². The fourth-order valence-electron chi connectivity index (χ4n) is 7.64. The molecule has 226 valence electrons. The normalized spacial score (nSPS) is 31.1. The van der Waals surface area contributed by atoms with Gasteiger partial charge in [-0.1, -0.05) is 69.1 Å². The fraction of sp³-hybridized carbons (Fsp3) is 0.774. The number of likely N-dealkylation sites (N-methyl/N-ethyl adjacent to an activating group) is 1. The molecule has 1 spiro atoms. The minimum absolute atomic E-state index is 0.0594. The molecule has 0 aromatic carbocycles. The summed E-state index contributed by atoms with van der Waals surface area (Å²) in [4.78, 5) is 48.0. The van der Waals surface area contributed by atoms with E-state index in [2.05, 4.69) is 49.9 Å². The van der Waals surface area contributed by atoms with Gasteiger partial charge in [-0.05, 0) is 38.0 Å². The molecule has 1 N–H and O–H groups in total. The van der Waals surface area contributed by atoms with E-state index < -0.39 is 41.2 Å². The topological polar surface area (TPSA) is 90.4 Å². The smallest absolute Gasteiger partial charge is 0.249 e. The molecule has 0 saturated carbocycles. The molecule has 3 amide bonds. The van der Waals surface area contributed by atoms with E-state index in [4.69, 9.17) is 4.74 Å². The maximum absolute atomic E-state index is 14.9.